The Morgan fingerprint density at radius 1 is 1.27 bits per heavy atom. The maximum atomic E-state index is 3.34. The molecule has 11 heavy (non-hydrogen) atoms. The molecule has 1 N–H and O–H groups in total. The first-order valence-corrected chi connectivity index (χ1v) is 5.05. The standard InChI is InChI=1S/C9H8IN/c10-6-8-5-7-3-1-2-4-9(7)11-8/h1-5,11H,6H2. The molecule has 0 aliphatic carbocycles. The van der Waals surface area contributed by atoms with E-state index >= 15 is 0 Å². The lowest BCUT2D eigenvalue weighted by Crippen LogP contribution is -1.71. The number of H-pyrrole nitrogens is 1. The smallest absolute Gasteiger partial charge is 0.0456 e. The molecule has 2 rings (SSSR count). The van der Waals surface area contributed by atoms with Crippen LogP contribution in [0, 0.1) is 0 Å². The summed E-state index contributed by atoms with van der Waals surface area (Å²) >= 11 is 2.36. The lowest BCUT2D eigenvalue weighted by molar-refractivity contribution is 1.29. The van der Waals surface area contributed by atoms with Crippen molar-refractivity contribution in [3.8, 4) is 0 Å². The molecule has 1 aromatic carbocycles. The molecule has 0 saturated carbocycles. The molecule has 0 radical (unpaired) electrons. The minimum Gasteiger partial charge on any atom is -0.358 e. The van der Waals surface area contributed by atoms with E-state index in [1.165, 1.54) is 16.6 Å². The number of benzene rings is 1. The van der Waals surface area contributed by atoms with Crippen LogP contribution in [-0.4, -0.2) is 4.98 Å². The Bertz CT molecular complexity index is 331. The van der Waals surface area contributed by atoms with Crippen LogP contribution in [0.1, 0.15) is 5.69 Å². The first kappa shape index (κ1) is 7.16. The zero-order chi connectivity index (χ0) is 7.68. The van der Waals surface area contributed by atoms with E-state index in [-0.39, 0.29) is 0 Å². The van der Waals surface area contributed by atoms with E-state index in [4.69, 9.17) is 0 Å². The number of aromatic amines is 1. The Morgan fingerprint density at radius 2 is 2.09 bits per heavy atom. The van der Waals surface area contributed by atoms with Crippen molar-refractivity contribution >= 4 is 33.5 Å². The van der Waals surface area contributed by atoms with Gasteiger partial charge in [-0.2, -0.15) is 0 Å². The van der Waals surface area contributed by atoms with Gasteiger partial charge in [-0.15, -0.1) is 0 Å². The van der Waals surface area contributed by atoms with Crippen LogP contribution < -0.4 is 0 Å². The molecule has 0 aliphatic rings. The van der Waals surface area contributed by atoms with Crippen LogP contribution in [-0.2, 0) is 4.43 Å². The number of alkyl halides is 1. The monoisotopic (exact) mass is 257 g/mol. The lowest BCUT2D eigenvalue weighted by Gasteiger charge is -1.84. The van der Waals surface area contributed by atoms with Crippen LogP contribution in [0.15, 0.2) is 30.3 Å². The van der Waals surface area contributed by atoms with E-state index in [0.717, 1.165) is 4.43 Å². The highest BCUT2D eigenvalue weighted by Crippen LogP contribution is 2.15. The molecule has 0 fully saturated rings. The van der Waals surface area contributed by atoms with Crippen LogP contribution >= 0.6 is 22.6 Å². The van der Waals surface area contributed by atoms with E-state index in [1.54, 1.807) is 0 Å². The molecule has 0 bridgehead atoms. The van der Waals surface area contributed by atoms with Gasteiger partial charge >= 0.3 is 0 Å². The minimum atomic E-state index is 1.05. The Hall–Kier alpha value is -0.510. The number of hydrogen-bond acceptors (Lipinski definition) is 0. The second kappa shape index (κ2) is 2.85. The fourth-order valence-electron chi connectivity index (χ4n) is 1.21. The Morgan fingerprint density at radius 3 is 2.82 bits per heavy atom. The molecule has 1 aromatic heterocycles. The molecule has 0 spiro atoms. The van der Waals surface area contributed by atoms with Gasteiger partial charge in [0.2, 0.25) is 0 Å². The number of fused-ring (bicyclic) bond motifs is 1. The third-order valence-electron chi connectivity index (χ3n) is 1.73. The Kier molecular flexibility index (Phi) is 1.85. The first-order chi connectivity index (χ1) is 5.40. The van der Waals surface area contributed by atoms with Gasteiger partial charge in [-0.3, -0.25) is 0 Å². The van der Waals surface area contributed by atoms with Crippen molar-refractivity contribution in [1.29, 1.82) is 0 Å². The second-order valence-corrected chi connectivity index (χ2v) is 3.28. The maximum Gasteiger partial charge on any atom is 0.0456 e. The van der Waals surface area contributed by atoms with Gasteiger partial charge in [-0.05, 0) is 17.5 Å². The van der Waals surface area contributed by atoms with Crippen LogP contribution in [0.3, 0.4) is 0 Å². The summed E-state index contributed by atoms with van der Waals surface area (Å²) in [6.45, 7) is 0. The van der Waals surface area contributed by atoms with Crippen molar-refractivity contribution in [2.75, 3.05) is 0 Å². The summed E-state index contributed by atoms with van der Waals surface area (Å²) in [4.78, 5) is 3.34. The van der Waals surface area contributed by atoms with Crippen molar-refractivity contribution in [3.05, 3.63) is 36.0 Å². The van der Waals surface area contributed by atoms with Crippen molar-refractivity contribution in [1.82, 2.24) is 4.98 Å². The van der Waals surface area contributed by atoms with Gasteiger partial charge in [0.05, 0.1) is 0 Å². The largest absolute Gasteiger partial charge is 0.358 e. The number of halogens is 1. The summed E-state index contributed by atoms with van der Waals surface area (Å²) in [5.41, 5.74) is 2.53. The van der Waals surface area contributed by atoms with E-state index in [9.17, 15) is 0 Å². The predicted molar refractivity (Wildman–Crippen MR) is 56.0 cm³/mol. The van der Waals surface area contributed by atoms with Gasteiger partial charge in [-0.25, -0.2) is 0 Å². The first-order valence-electron chi connectivity index (χ1n) is 3.53. The summed E-state index contributed by atoms with van der Waals surface area (Å²) in [5, 5.41) is 1.30. The van der Waals surface area contributed by atoms with Crippen molar-refractivity contribution < 1.29 is 0 Å². The van der Waals surface area contributed by atoms with Crippen LogP contribution in [0.2, 0.25) is 0 Å². The predicted octanol–water partition coefficient (Wildman–Crippen LogP) is 3.10. The lowest BCUT2D eigenvalue weighted by atomic mass is 10.2. The molecule has 1 heterocycles. The summed E-state index contributed by atoms with van der Waals surface area (Å²) in [6.07, 6.45) is 0. The Labute approximate surface area is 78.9 Å². The highest BCUT2D eigenvalue weighted by molar-refractivity contribution is 14.1. The highest BCUT2D eigenvalue weighted by Gasteiger charge is 1.95. The normalized spacial score (nSPS) is 10.6. The van der Waals surface area contributed by atoms with Gasteiger partial charge in [0, 0.05) is 15.6 Å². The minimum absolute atomic E-state index is 1.05. The maximum absolute atomic E-state index is 3.34. The average Bonchev–Trinajstić information content (AvgIpc) is 2.46. The Balaban J connectivity index is 2.69. The van der Waals surface area contributed by atoms with Crippen LogP contribution in [0.4, 0.5) is 0 Å². The van der Waals surface area contributed by atoms with E-state index in [1.807, 2.05) is 0 Å². The van der Waals surface area contributed by atoms with Gasteiger partial charge < -0.3 is 4.98 Å². The molecule has 0 saturated heterocycles. The molecular formula is C9H8IN. The van der Waals surface area contributed by atoms with Gasteiger partial charge in [0.15, 0.2) is 0 Å². The molecule has 0 aliphatic heterocycles. The van der Waals surface area contributed by atoms with Gasteiger partial charge in [-0.1, -0.05) is 40.8 Å². The summed E-state index contributed by atoms with van der Waals surface area (Å²) in [5.74, 6) is 0. The molecule has 2 aromatic rings. The number of rotatable bonds is 1. The van der Waals surface area contributed by atoms with E-state index < -0.39 is 0 Å². The second-order valence-electron chi connectivity index (χ2n) is 2.52. The van der Waals surface area contributed by atoms with E-state index in [0.29, 0.717) is 0 Å². The number of para-hydroxylation sites is 1. The van der Waals surface area contributed by atoms with Gasteiger partial charge in [0.1, 0.15) is 0 Å². The van der Waals surface area contributed by atoms with Gasteiger partial charge in [0.25, 0.3) is 0 Å². The molecular weight excluding hydrogens is 249 g/mol. The molecule has 56 valence electrons. The highest BCUT2D eigenvalue weighted by atomic mass is 127. The summed E-state index contributed by atoms with van der Waals surface area (Å²) in [6, 6.07) is 10.5. The molecule has 0 amide bonds. The molecule has 1 nitrogen and oxygen atoms in total. The van der Waals surface area contributed by atoms with Crippen LogP contribution in [0.5, 0.6) is 0 Å². The zero-order valence-electron chi connectivity index (χ0n) is 5.97. The quantitative estimate of drug-likeness (QED) is 0.596. The SMILES string of the molecule is ICc1cc2ccccc2[nH]1. The topological polar surface area (TPSA) is 15.8 Å². The fraction of sp³-hybridized carbons (Fsp3) is 0.111. The fourth-order valence-corrected chi connectivity index (χ4v) is 1.62. The average molecular weight is 257 g/mol. The number of aromatic nitrogens is 1. The molecule has 0 unspecified atom stereocenters. The zero-order valence-corrected chi connectivity index (χ0v) is 8.13. The number of hydrogen-bond donors (Lipinski definition) is 1. The summed E-state index contributed by atoms with van der Waals surface area (Å²) < 4.78 is 1.05. The third-order valence-corrected chi connectivity index (χ3v) is 2.55. The van der Waals surface area contributed by atoms with Crippen molar-refractivity contribution in [2.24, 2.45) is 0 Å². The van der Waals surface area contributed by atoms with Crippen molar-refractivity contribution in [2.45, 2.75) is 4.43 Å². The van der Waals surface area contributed by atoms with Crippen molar-refractivity contribution in [3.63, 3.8) is 0 Å². The van der Waals surface area contributed by atoms with E-state index in [2.05, 4.69) is 57.9 Å². The number of nitrogens with one attached hydrogen (secondary N) is 1. The molecule has 0 atom stereocenters. The summed E-state index contributed by atoms with van der Waals surface area (Å²) in [7, 11) is 0. The molecule has 2 heteroatoms. The third kappa shape index (κ3) is 1.27. The van der Waals surface area contributed by atoms with Crippen LogP contribution in [0.25, 0.3) is 10.9 Å².